The van der Waals surface area contributed by atoms with Gasteiger partial charge in [-0.3, -0.25) is 10.6 Å². The molecule has 3 atom stereocenters. The molecule has 134 valence electrons. The van der Waals surface area contributed by atoms with Crippen LogP contribution in [0.1, 0.15) is 38.5 Å². The Morgan fingerprint density at radius 3 is 2.57 bits per heavy atom. The van der Waals surface area contributed by atoms with E-state index < -0.39 is 9.84 Å². The van der Waals surface area contributed by atoms with Crippen molar-refractivity contribution in [3.63, 3.8) is 0 Å². The average Bonchev–Trinajstić information content (AvgIpc) is 3.06. The zero-order valence-corrected chi connectivity index (χ0v) is 15.7. The number of sulfone groups is 1. The molecule has 3 fully saturated rings. The van der Waals surface area contributed by atoms with Crippen molar-refractivity contribution >= 4 is 21.6 Å². The van der Waals surface area contributed by atoms with Gasteiger partial charge in [0.15, 0.2) is 0 Å². The molecule has 2 heterocycles. The minimum Gasteiger partial charge on any atom is -0.312 e. The smallest absolute Gasteiger partial charge is 0.150 e. The van der Waals surface area contributed by atoms with Gasteiger partial charge >= 0.3 is 0 Å². The maximum atomic E-state index is 11.7. The molecule has 3 rings (SSSR count). The van der Waals surface area contributed by atoms with Crippen LogP contribution in [0.15, 0.2) is 0 Å². The number of hydrogen-bond acceptors (Lipinski definition) is 6. The Balaban J connectivity index is 1.43. The van der Waals surface area contributed by atoms with E-state index in [1.807, 2.05) is 0 Å². The molecule has 0 bridgehead atoms. The van der Waals surface area contributed by atoms with Crippen molar-refractivity contribution in [2.24, 2.45) is 5.92 Å². The van der Waals surface area contributed by atoms with E-state index in [0.29, 0.717) is 18.1 Å². The van der Waals surface area contributed by atoms with E-state index in [-0.39, 0.29) is 5.25 Å². The second-order valence-corrected chi connectivity index (χ2v) is 11.1. The van der Waals surface area contributed by atoms with Crippen molar-refractivity contribution < 1.29 is 8.42 Å². The normalized spacial score (nSPS) is 39.4. The highest BCUT2D eigenvalue weighted by Gasteiger charge is 2.34. The third-order valence-electron chi connectivity index (χ3n) is 5.64. The summed E-state index contributed by atoms with van der Waals surface area (Å²) in [5.41, 5.74) is 0. The van der Waals surface area contributed by atoms with E-state index in [0.717, 1.165) is 50.6 Å². The lowest BCUT2D eigenvalue weighted by Gasteiger charge is -2.40. The predicted octanol–water partition coefficient (Wildman–Crippen LogP) is 0.963. The van der Waals surface area contributed by atoms with Gasteiger partial charge in [0, 0.05) is 37.2 Å². The van der Waals surface area contributed by atoms with Gasteiger partial charge in [0.2, 0.25) is 0 Å². The van der Waals surface area contributed by atoms with Crippen molar-refractivity contribution in [1.29, 1.82) is 0 Å². The quantitative estimate of drug-likeness (QED) is 0.678. The molecule has 1 saturated carbocycles. The second-order valence-electron chi connectivity index (χ2n) is 7.39. The Hall–Kier alpha value is 0.180. The fourth-order valence-corrected chi connectivity index (χ4v) is 6.53. The molecule has 3 N–H and O–H groups in total. The summed E-state index contributed by atoms with van der Waals surface area (Å²) in [4.78, 5) is 0. The Morgan fingerprint density at radius 1 is 1.13 bits per heavy atom. The van der Waals surface area contributed by atoms with Crippen LogP contribution in [0.4, 0.5) is 0 Å². The minimum atomic E-state index is -2.86. The van der Waals surface area contributed by atoms with E-state index >= 15 is 0 Å². The molecule has 0 amide bonds. The van der Waals surface area contributed by atoms with Gasteiger partial charge in [-0.1, -0.05) is 0 Å². The van der Waals surface area contributed by atoms with E-state index in [1.54, 1.807) is 0 Å². The summed E-state index contributed by atoms with van der Waals surface area (Å²) < 4.78 is 23.4. The summed E-state index contributed by atoms with van der Waals surface area (Å²) in [5.74, 6) is 1.92. The summed E-state index contributed by atoms with van der Waals surface area (Å²) in [6, 6.07) is 0.470. The molecule has 2 aliphatic heterocycles. The van der Waals surface area contributed by atoms with Crippen molar-refractivity contribution in [1.82, 2.24) is 16.0 Å². The van der Waals surface area contributed by atoms with Crippen LogP contribution in [0.3, 0.4) is 0 Å². The summed E-state index contributed by atoms with van der Waals surface area (Å²) in [6.07, 6.45) is 8.17. The monoisotopic (exact) mass is 361 g/mol. The molecule has 0 aromatic rings. The summed E-state index contributed by atoms with van der Waals surface area (Å²) >= 11 is 2.09. The Bertz CT molecular complexity index is 472. The fraction of sp³-hybridized carbons (Fsp3) is 1.00. The molecular weight excluding hydrogens is 330 g/mol. The third-order valence-corrected chi connectivity index (χ3v) is 8.72. The lowest BCUT2D eigenvalue weighted by Crippen LogP contribution is -2.63. The standard InChI is InChI=1S/C16H31N3O2S2/c1-23(20,21)14-6-4-12(5-7-14)15-10-17-11-16(19-15)18-9-13-3-2-8-22-13/h12-19H,2-11H2,1H3/t12?,13-,14?,15?,16?/m0/s1. The van der Waals surface area contributed by atoms with Gasteiger partial charge in [-0.15, -0.1) is 0 Å². The van der Waals surface area contributed by atoms with E-state index in [2.05, 4.69) is 27.7 Å². The van der Waals surface area contributed by atoms with Crippen molar-refractivity contribution in [3.05, 3.63) is 0 Å². The SMILES string of the molecule is CS(=O)(=O)C1CCC(C2CNCC(NC[C@@H]3CCCS3)N2)CC1. The fourth-order valence-electron chi connectivity index (χ4n) is 4.19. The first-order chi connectivity index (χ1) is 11.0. The van der Waals surface area contributed by atoms with Gasteiger partial charge in [-0.2, -0.15) is 11.8 Å². The molecule has 7 heteroatoms. The van der Waals surface area contributed by atoms with Crippen LogP contribution in [0.25, 0.3) is 0 Å². The minimum absolute atomic E-state index is 0.108. The van der Waals surface area contributed by atoms with E-state index in [4.69, 9.17) is 0 Å². The van der Waals surface area contributed by atoms with E-state index in [1.165, 1.54) is 24.9 Å². The number of thioether (sulfide) groups is 1. The summed E-state index contributed by atoms with van der Waals surface area (Å²) in [7, 11) is -2.86. The maximum absolute atomic E-state index is 11.7. The molecule has 23 heavy (non-hydrogen) atoms. The molecule has 3 aliphatic rings. The highest BCUT2D eigenvalue weighted by Crippen LogP contribution is 2.31. The molecule has 0 aromatic heterocycles. The van der Waals surface area contributed by atoms with Gasteiger partial charge in [0.25, 0.3) is 0 Å². The first-order valence-corrected chi connectivity index (χ1v) is 12.0. The molecule has 1 aliphatic carbocycles. The summed E-state index contributed by atoms with van der Waals surface area (Å²) in [5, 5.41) is 11.7. The lowest BCUT2D eigenvalue weighted by molar-refractivity contribution is 0.202. The van der Waals surface area contributed by atoms with Crippen LogP contribution >= 0.6 is 11.8 Å². The predicted molar refractivity (Wildman–Crippen MR) is 97.7 cm³/mol. The second kappa shape index (κ2) is 8.04. The van der Waals surface area contributed by atoms with Gasteiger partial charge in [-0.25, -0.2) is 8.42 Å². The van der Waals surface area contributed by atoms with Crippen LogP contribution in [0.5, 0.6) is 0 Å². The van der Waals surface area contributed by atoms with Crippen LogP contribution in [-0.2, 0) is 9.84 Å². The van der Waals surface area contributed by atoms with Crippen molar-refractivity contribution in [2.75, 3.05) is 31.6 Å². The number of rotatable bonds is 5. The topological polar surface area (TPSA) is 70.2 Å². The molecule has 5 nitrogen and oxygen atoms in total. The zero-order valence-electron chi connectivity index (χ0n) is 14.1. The van der Waals surface area contributed by atoms with Gasteiger partial charge in [-0.05, 0) is 50.2 Å². The van der Waals surface area contributed by atoms with Gasteiger partial charge in [0.1, 0.15) is 9.84 Å². The molecule has 0 aromatic carbocycles. The lowest BCUT2D eigenvalue weighted by atomic mass is 9.83. The van der Waals surface area contributed by atoms with Crippen molar-refractivity contribution in [2.45, 2.75) is 61.2 Å². The number of piperazine rings is 1. The maximum Gasteiger partial charge on any atom is 0.150 e. The third kappa shape index (κ3) is 5.08. The van der Waals surface area contributed by atoms with E-state index in [9.17, 15) is 8.42 Å². The van der Waals surface area contributed by atoms with Crippen LogP contribution in [0.2, 0.25) is 0 Å². The number of nitrogens with one attached hydrogen (secondary N) is 3. The Morgan fingerprint density at radius 2 is 1.91 bits per heavy atom. The highest BCUT2D eigenvalue weighted by molar-refractivity contribution is 8.00. The van der Waals surface area contributed by atoms with Gasteiger partial charge in [0.05, 0.1) is 11.4 Å². The van der Waals surface area contributed by atoms with Gasteiger partial charge < -0.3 is 5.32 Å². The van der Waals surface area contributed by atoms with Crippen LogP contribution in [-0.4, -0.2) is 62.8 Å². The molecule has 0 spiro atoms. The summed E-state index contributed by atoms with van der Waals surface area (Å²) in [6.45, 7) is 3.08. The van der Waals surface area contributed by atoms with Crippen LogP contribution < -0.4 is 16.0 Å². The molecular formula is C16H31N3O2S2. The Labute approximate surface area is 145 Å². The molecule has 2 unspecified atom stereocenters. The zero-order chi connectivity index (χ0) is 16.3. The largest absolute Gasteiger partial charge is 0.312 e. The Kier molecular flexibility index (Phi) is 6.29. The first kappa shape index (κ1) is 18.0. The number of hydrogen-bond donors (Lipinski definition) is 3. The van der Waals surface area contributed by atoms with Crippen LogP contribution in [0, 0.1) is 5.92 Å². The first-order valence-electron chi connectivity index (χ1n) is 9.03. The van der Waals surface area contributed by atoms with Crippen molar-refractivity contribution in [3.8, 4) is 0 Å². The average molecular weight is 362 g/mol. The molecule has 2 saturated heterocycles. The highest BCUT2D eigenvalue weighted by atomic mass is 32.2. The molecule has 0 radical (unpaired) electrons.